The highest BCUT2D eigenvalue weighted by molar-refractivity contribution is 6.54. The van der Waals surface area contributed by atoms with E-state index in [4.69, 9.17) is 0 Å². The van der Waals surface area contributed by atoms with Gasteiger partial charge in [-0.3, -0.25) is 0 Å². The van der Waals surface area contributed by atoms with E-state index < -0.39 is 0 Å². The molecule has 0 radical (unpaired) electrons. The Bertz CT molecular complexity index is 127. The number of halogens is 1. The molecule has 3 heteroatoms. The highest BCUT2D eigenvalue weighted by Gasteiger charge is 1.81. The van der Waals surface area contributed by atoms with Crippen molar-refractivity contribution in [1.82, 2.24) is 5.32 Å². The van der Waals surface area contributed by atoms with Gasteiger partial charge in [-0.2, -0.15) is 0 Å². The summed E-state index contributed by atoms with van der Waals surface area (Å²) in [6.07, 6.45) is 0. The Labute approximate surface area is 99.7 Å². The SMILES string of the molecule is CNC.Cl.[CH3][Al]([CH3])[CH3].c1ccccc1. The Kier molecular flexibility index (Phi) is 26.2. The first kappa shape index (κ1) is 19.6. The Hall–Kier alpha value is 0.00247. The second-order valence-electron chi connectivity index (χ2n) is 3.39. The molecule has 1 rings (SSSR count). The standard InChI is InChI=1S/C6H6.C2H7N.3CH3.Al.ClH/c1-2-4-6-5-3-1;1-3-2;;;;;/h1-6H;3H,1-2H3;3*1H3;;1H. The Balaban J connectivity index is -0.000000135. The fourth-order valence-corrected chi connectivity index (χ4v) is 0.385. The molecule has 1 N–H and O–H groups in total. The van der Waals surface area contributed by atoms with Gasteiger partial charge in [0.25, 0.3) is 14.1 Å². The fourth-order valence-electron chi connectivity index (χ4n) is 0.385. The first-order valence-electron chi connectivity index (χ1n) is 4.73. The van der Waals surface area contributed by atoms with Crippen LogP contribution in [0.4, 0.5) is 0 Å². The summed E-state index contributed by atoms with van der Waals surface area (Å²) < 4.78 is 0. The van der Waals surface area contributed by atoms with Gasteiger partial charge in [0, 0.05) is 0 Å². The Morgan fingerprint density at radius 1 is 0.714 bits per heavy atom. The monoisotopic (exact) mass is 231 g/mol. The van der Waals surface area contributed by atoms with Crippen LogP contribution >= 0.6 is 12.4 Å². The molecule has 0 saturated heterocycles. The van der Waals surface area contributed by atoms with Crippen molar-refractivity contribution in [3.63, 3.8) is 0 Å². The van der Waals surface area contributed by atoms with Crippen molar-refractivity contribution in [2.45, 2.75) is 17.4 Å². The number of hydrogen-bond donors (Lipinski definition) is 1. The molecule has 0 heterocycles. The summed E-state index contributed by atoms with van der Waals surface area (Å²) in [5, 5.41) is 2.75. The lowest BCUT2D eigenvalue weighted by Crippen LogP contribution is -1.89. The van der Waals surface area contributed by atoms with Crippen LogP contribution in [0.15, 0.2) is 36.4 Å². The van der Waals surface area contributed by atoms with Crippen LogP contribution in [0.5, 0.6) is 0 Å². The molecule has 1 nitrogen and oxygen atoms in total. The van der Waals surface area contributed by atoms with E-state index in [1.54, 1.807) is 0 Å². The molecule has 0 spiro atoms. The number of hydrogen-bond acceptors (Lipinski definition) is 1. The van der Waals surface area contributed by atoms with Crippen LogP contribution in [0.25, 0.3) is 0 Å². The normalized spacial score (nSPS) is 6.64. The lowest BCUT2D eigenvalue weighted by molar-refractivity contribution is 1.02. The van der Waals surface area contributed by atoms with Crippen LogP contribution in [0.2, 0.25) is 17.4 Å². The van der Waals surface area contributed by atoms with Crippen molar-refractivity contribution < 1.29 is 0 Å². The predicted molar refractivity (Wildman–Crippen MR) is 72.0 cm³/mol. The molecule has 0 unspecified atom stereocenters. The van der Waals surface area contributed by atoms with Crippen molar-refractivity contribution in [3.8, 4) is 0 Å². The molecule has 14 heavy (non-hydrogen) atoms. The van der Waals surface area contributed by atoms with Gasteiger partial charge in [0.2, 0.25) is 0 Å². The highest BCUT2D eigenvalue weighted by Crippen LogP contribution is 1.79. The number of rotatable bonds is 0. The van der Waals surface area contributed by atoms with Gasteiger partial charge in [-0.15, -0.1) is 29.8 Å². The lowest BCUT2D eigenvalue weighted by Gasteiger charge is -1.69. The maximum absolute atomic E-state index is 2.75. The third kappa shape index (κ3) is 40.3. The third-order valence-corrected chi connectivity index (χ3v) is 0.667. The fraction of sp³-hybridized carbons (Fsp3) is 0.455. The second-order valence-corrected chi connectivity index (χ2v) is 6.85. The van der Waals surface area contributed by atoms with Gasteiger partial charge in [-0.25, -0.2) is 0 Å². The van der Waals surface area contributed by atoms with Crippen molar-refractivity contribution >= 4 is 26.6 Å². The summed E-state index contributed by atoms with van der Waals surface area (Å²) in [6, 6.07) is 12.0. The minimum atomic E-state index is -0.139. The van der Waals surface area contributed by atoms with Gasteiger partial charge in [0.15, 0.2) is 0 Å². The molecule has 1 aromatic rings. The summed E-state index contributed by atoms with van der Waals surface area (Å²) in [6.45, 7) is 0. The van der Waals surface area contributed by atoms with Gasteiger partial charge in [-0.1, -0.05) is 36.4 Å². The van der Waals surface area contributed by atoms with Crippen LogP contribution in [0.1, 0.15) is 0 Å². The lowest BCUT2D eigenvalue weighted by atomic mass is 10.4. The topological polar surface area (TPSA) is 12.0 Å². The molecule has 0 fully saturated rings. The average molecular weight is 232 g/mol. The van der Waals surface area contributed by atoms with E-state index in [0.29, 0.717) is 0 Å². The largest absolute Gasteiger partial charge is 0.323 e. The van der Waals surface area contributed by atoms with Crippen LogP contribution in [0.3, 0.4) is 0 Å². The minimum Gasteiger partial charge on any atom is -0.323 e. The molecular formula is C11H23AlClN. The van der Waals surface area contributed by atoms with E-state index in [1.807, 2.05) is 50.5 Å². The molecule has 0 saturated carbocycles. The zero-order valence-corrected chi connectivity index (χ0v) is 11.9. The molecule has 1 aromatic carbocycles. The molecule has 0 atom stereocenters. The second kappa shape index (κ2) is 18.7. The zero-order valence-electron chi connectivity index (χ0n) is 9.95. The number of benzene rings is 1. The van der Waals surface area contributed by atoms with Crippen LogP contribution in [-0.2, 0) is 0 Å². The molecule has 82 valence electrons. The molecule has 0 bridgehead atoms. The molecule has 0 aromatic heterocycles. The molecule has 0 aliphatic rings. The summed E-state index contributed by atoms with van der Waals surface area (Å²) in [5.74, 6) is 6.92. The maximum atomic E-state index is 2.75. The van der Waals surface area contributed by atoms with Crippen molar-refractivity contribution in [1.29, 1.82) is 0 Å². The zero-order chi connectivity index (χ0) is 10.5. The van der Waals surface area contributed by atoms with Crippen molar-refractivity contribution in [2.75, 3.05) is 14.1 Å². The average Bonchev–Trinajstić information content (AvgIpc) is 2.08. The van der Waals surface area contributed by atoms with Crippen LogP contribution < -0.4 is 5.32 Å². The summed E-state index contributed by atoms with van der Waals surface area (Å²) in [4.78, 5) is 0. The van der Waals surface area contributed by atoms with E-state index in [2.05, 4.69) is 22.7 Å². The van der Waals surface area contributed by atoms with Crippen molar-refractivity contribution in [2.24, 2.45) is 0 Å². The van der Waals surface area contributed by atoms with E-state index in [9.17, 15) is 0 Å². The highest BCUT2D eigenvalue weighted by atomic mass is 35.5. The smallest absolute Gasteiger partial charge is 0.251 e. The Morgan fingerprint density at radius 2 is 0.786 bits per heavy atom. The van der Waals surface area contributed by atoms with Crippen molar-refractivity contribution in [3.05, 3.63) is 36.4 Å². The summed E-state index contributed by atoms with van der Waals surface area (Å²) in [5.41, 5.74) is 0. The van der Waals surface area contributed by atoms with Gasteiger partial charge in [-0.05, 0) is 14.1 Å². The summed E-state index contributed by atoms with van der Waals surface area (Å²) >= 11 is -0.139. The van der Waals surface area contributed by atoms with Crippen LogP contribution in [-0.4, -0.2) is 28.2 Å². The number of nitrogens with one attached hydrogen (secondary N) is 1. The predicted octanol–water partition coefficient (Wildman–Crippen LogP) is 3.31. The third-order valence-electron chi connectivity index (χ3n) is 0.667. The molecule has 0 amide bonds. The van der Waals surface area contributed by atoms with Crippen LogP contribution in [0, 0.1) is 0 Å². The summed E-state index contributed by atoms with van der Waals surface area (Å²) in [7, 11) is 3.75. The van der Waals surface area contributed by atoms with E-state index in [0.717, 1.165) is 0 Å². The van der Waals surface area contributed by atoms with Gasteiger partial charge < -0.3 is 5.32 Å². The first-order chi connectivity index (χ1) is 6.15. The van der Waals surface area contributed by atoms with E-state index in [-0.39, 0.29) is 26.6 Å². The van der Waals surface area contributed by atoms with Gasteiger partial charge in [0.05, 0.1) is 0 Å². The Morgan fingerprint density at radius 3 is 0.857 bits per heavy atom. The molecule has 0 aliphatic heterocycles. The van der Waals surface area contributed by atoms with E-state index in [1.165, 1.54) is 0 Å². The maximum Gasteiger partial charge on any atom is 0.251 e. The minimum absolute atomic E-state index is 0. The van der Waals surface area contributed by atoms with Gasteiger partial charge in [0.1, 0.15) is 0 Å². The van der Waals surface area contributed by atoms with E-state index >= 15 is 0 Å². The quantitative estimate of drug-likeness (QED) is 0.676. The van der Waals surface area contributed by atoms with Gasteiger partial charge >= 0.3 is 0 Å². The molecular weight excluding hydrogens is 209 g/mol. The first-order valence-corrected chi connectivity index (χ1v) is 8.20. The molecule has 0 aliphatic carbocycles.